The lowest BCUT2D eigenvalue weighted by Gasteiger charge is -2.33. The molecular formula is C63H40N2O35. The van der Waals surface area contributed by atoms with Crippen LogP contribution in [0.25, 0.3) is 32.7 Å². The molecule has 0 bridgehead atoms. The summed E-state index contributed by atoms with van der Waals surface area (Å²) in [6, 6.07) is 12.0. The number of fused-ring (bicyclic) bond motifs is 10. The van der Waals surface area contributed by atoms with Gasteiger partial charge < -0.3 is 51.5 Å². The van der Waals surface area contributed by atoms with Crippen molar-refractivity contribution in [3.8, 4) is 11.1 Å². The Morgan fingerprint density at radius 3 is 0.950 bits per heavy atom. The zero-order chi connectivity index (χ0) is 71.8. The summed E-state index contributed by atoms with van der Waals surface area (Å²) in [5.41, 5.74) is -0.621. The third-order valence-corrected chi connectivity index (χ3v) is 17.9. The molecule has 8 saturated heterocycles. The van der Waals surface area contributed by atoms with E-state index in [0.717, 1.165) is 12.1 Å². The number of cyclic esters (lactones) is 18. The molecule has 0 spiro atoms. The third kappa shape index (κ3) is 12.8. The number of morpholine rings is 2. The fraction of sp³-hybridized carbons (Fsp3) is 0.333. The number of hydrogen-bond acceptors (Lipinski definition) is 37. The molecule has 100 heavy (non-hydrogen) atoms. The van der Waals surface area contributed by atoms with Crippen LogP contribution in [0.4, 0.5) is 0 Å². The standard InChI is InChI=1S/C17H8O5.C10H12N2O6.C10H8O6.C10H2O6.C8H4O6.C8H6O6/c18-14-7-15(19)12-5-8(1-3-10(12)14)9-2-4-11-13(6-9)17(21)22-16(11)20;13-7-3-11(4-8(14)17-7)1-2-12-5-9(15)18-10(16)6-12;2*11-7-3-1-4-6(10(14)16-8(4)12)2-5(3)9(13)15-7;9-5-1-2(6(10)13-5)4-3(1)7(11)14-8(4)12;9-5-1-3(7(11)13-5)4-2-6(10)14-8(4)12/h1-6H,7H2;1-6H2;3-6H,1-2H2;1-2H;1-4H;3-4H,1-2H2. The third-order valence-electron chi connectivity index (χ3n) is 17.9. The molecular weight excluding hydrogens is 1340 g/mol. The molecule has 10 fully saturated rings. The molecule has 0 N–H and O–H groups in total. The van der Waals surface area contributed by atoms with Gasteiger partial charge in [-0.2, -0.15) is 0 Å². The van der Waals surface area contributed by atoms with Crippen LogP contribution in [-0.2, 0) is 119 Å². The fourth-order valence-electron chi connectivity index (χ4n) is 13.0. The lowest BCUT2D eigenvalue weighted by Crippen LogP contribution is -2.50. The van der Waals surface area contributed by atoms with Gasteiger partial charge in [0.05, 0.1) is 137 Å². The van der Waals surface area contributed by atoms with Gasteiger partial charge in [0, 0.05) is 24.2 Å². The molecule has 3 aromatic carbocycles. The monoisotopic (exact) mass is 1380 g/mol. The number of rotatable bonds is 5. The summed E-state index contributed by atoms with van der Waals surface area (Å²) < 4.78 is 48.2. The maximum absolute atomic E-state index is 11.8. The zero-order valence-electron chi connectivity index (χ0n) is 50.4. The lowest BCUT2D eigenvalue weighted by molar-refractivity contribution is -0.170. The van der Waals surface area contributed by atoms with E-state index in [1.807, 2.05) is 0 Å². The van der Waals surface area contributed by atoms with Crippen LogP contribution in [0.15, 0.2) is 76.5 Å². The van der Waals surface area contributed by atoms with Crippen LogP contribution < -0.4 is 22.5 Å². The minimum atomic E-state index is -0.846. The number of ketones is 2. The second-order valence-corrected chi connectivity index (χ2v) is 23.8. The van der Waals surface area contributed by atoms with Gasteiger partial charge in [0.2, 0.25) is 0 Å². The summed E-state index contributed by atoms with van der Waals surface area (Å²) in [6.45, 7) is 0.967. The van der Waals surface area contributed by atoms with Gasteiger partial charge in [-0.05, 0) is 54.3 Å². The van der Waals surface area contributed by atoms with Crippen LogP contribution in [0, 0.1) is 59.2 Å². The van der Waals surface area contributed by atoms with Crippen molar-refractivity contribution >= 4 is 141 Å². The van der Waals surface area contributed by atoms with E-state index in [2.05, 4.69) is 51.5 Å². The van der Waals surface area contributed by atoms with E-state index < -0.39 is 189 Å². The SMILES string of the molecule is O=C1CC(=O)c2cc(-c3ccc4c(c3)C(=O)OC4=O)ccc21.O=C1CC(C2CC(=O)OC2=O)C(=O)O1.O=C1CN(CCN2CC(=O)OC(=O)C2)CC(=O)O1.O=C1OC(=O)C2C1C1C(=O)OC(=O)C21.O=C1OC(=O)C2CC3C(=O)OC(=O)C3CC12.O=c1oc(=O)c2cc3c(=O)oc(=O)c3cc12. The van der Waals surface area contributed by atoms with E-state index in [9.17, 15) is 115 Å². The molecule has 17 rings (SSSR count). The van der Waals surface area contributed by atoms with Gasteiger partial charge in [-0.3, -0.25) is 96.1 Å². The molecule has 5 aromatic rings. The molecule has 9 aliphatic heterocycles. The number of benzene rings is 3. The number of furan rings is 2. The first-order chi connectivity index (χ1) is 47.4. The van der Waals surface area contributed by atoms with Crippen molar-refractivity contribution < 1.29 is 147 Å². The van der Waals surface area contributed by atoms with Crippen molar-refractivity contribution in [2.45, 2.75) is 32.1 Å². The van der Waals surface area contributed by atoms with Crippen molar-refractivity contribution in [2.75, 3.05) is 39.3 Å². The average molecular weight is 1380 g/mol. The molecule has 0 amide bonds. The van der Waals surface area contributed by atoms with E-state index in [0.29, 0.717) is 35.3 Å². The van der Waals surface area contributed by atoms with Gasteiger partial charge in [0.25, 0.3) is 0 Å². The van der Waals surface area contributed by atoms with Crippen molar-refractivity contribution in [3.63, 3.8) is 0 Å². The summed E-state index contributed by atoms with van der Waals surface area (Å²) >= 11 is 0. The van der Waals surface area contributed by atoms with E-state index in [-0.39, 0.29) is 103 Å². The highest BCUT2D eigenvalue weighted by atomic mass is 16.6. The van der Waals surface area contributed by atoms with Crippen molar-refractivity contribution in [2.24, 2.45) is 59.2 Å². The first kappa shape index (κ1) is 67.4. The first-order valence-electron chi connectivity index (χ1n) is 29.7. The molecule has 37 nitrogen and oxygen atoms in total. The first-order valence-corrected chi connectivity index (χ1v) is 29.7. The molecule has 2 saturated carbocycles. The Morgan fingerprint density at radius 2 is 0.600 bits per heavy atom. The highest BCUT2D eigenvalue weighted by Gasteiger charge is 2.73. The van der Waals surface area contributed by atoms with Crippen LogP contribution in [0.2, 0.25) is 0 Å². The number of carbonyl (C=O) groups is 20. The van der Waals surface area contributed by atoms with Gasteiger partial charge in [0.15, 0.2) is 11.6 Å². The number of esters is 18. The van der Waals surface area contributed by atoms with Gasteiger partial charge in [-0.25, -0.2) is 28.8 Å². The largest absolute Gasteiger partial charge is 0.393 e. The van der Waals surface area contributed by atoms with E-state index in [1.54, 1.807) is 40.1 Å². The Morgan fingerprint density at radius 1 is 0.290 bits per heavy atom. The van der Waals surface area contributed by atoms with E-state index in [1.165, 1.54) is 6.07 Å². The maximum Gasteiger partial charge on any atom is 0.346 e. The quantitative estimate of drug-likeness (QED) is 0.0955. The Kier molecular flexibility index (Phi) is 17.6. The number of Topliss-reactive ketones (excluding diaryl/α,β-unsaturated/α-hetero) is 2. The molecule has 2 aromatic heterocycles. The average Bonchev–Trinajstić information content (AvgIpc) is 1.55. The highest BCUT2D eigenvalue weighted by Crippen LogP contribution is 2.55. The predicted molar refractivity (Wildman–Crippen MR) is 303 cm³/mol. The summed E-state index contributed by atoms with van der Waals surface area (Å²) in [7, 11) is 0. The second kappa shape index (κ2) is 26.1. The van der Waals surface area contributed by atoms with Crippen LogP contribution in [0.5, 0.6) is 0 Å². The van der Waals surface area contributed by atoms with Gasteiger partial charge >= 0.3 is 130 Å². The van der Waals surface area contributed by atoms with Crippen LogP contribution in [-0.4, -0.2) is 168 Å². The summed E-state index contributed by atoms with van der Waals surface area (Å²) in [5, 5.41) is -0.0726. The molecule has 512 valence electrons. The number of nitrogens with zero attached hydrogens (tertiary/aromatic N) is 2. The molecule has 6 unspecified atom stereocenters. The Labute approximate surface area is 550 Å². The molecule has 37 heteroatoms. The molecule has 0 radical (unpaired) electrons. The fourth-order valence-corrected chi connectivity index (χ4v) is 13.0. The molecule has 6 atom stereocenters. The number of hydrogen-bond donors (Lipinski definition) is 0. The Balaban J connectivity index is 0.000000115. The zero-order valence-corrected chi connectivity index (χ0v) is 50.4. The maximum atomic E-state index is 11.8. The Bertz CT molecular complexity index is 4410. The topological polar surface area (TPSA) is 526 Å². The highest BCUT2D eigenvalue weighted by molar-refractivity contribution is 6.25. The van der Waals surface area contributed by atoms with Gasteiger partial charge in [-0.15, -0.1) is 0 Å². The Hall–Kier alpha value is -12.5. The van der Waals surface area contributed by atoms with Crippen molar-refractivity contribution in [1.82, 2.24) is 9.80 Å². The predicted octanol–water partition coefficient (Wildman–Crippen LogP) is -3.10. The normalized spacial score (nSPS) is 26.7. The van der Waals surface area contributed by atoms with E-state index >= 15 is 0 Å². The number of carbonyl (C=O) groups excluding carboxylic acids is 20. The summed E-state index contributed by atoms with van der Waals surface area (Å²) in [4.78, 5) is 272. The second-order valence-electron chi connectivity index (χ2n) is 23.8. The van der Waals surface area contributed by atoms with Crippen LogP contribution >= 0.6 is 0 Å². The molecule has 11 heterocycles. The van der Waals surface area contributed by atoms with Gasteiger partial charge in [-0.1, -0.05) is 18.2 Å². The minimum absolute atomic E-state index is 0.0181. The summed E-state index contributed by atoms with van der Waals surface area (Å²) in [5.74, 6) is -19.2. The van der Waals surface area contributed by atoms with Gasteiger partial charge in [0.1, 0.15) is 0 Å². The van der Waals surface area contributed by atoms with Crippen LogP contribution in [0.3, 0.4) is 0 Å². The summed E-state index contributed by atoms with van der Waals surface area (Å²) in [6.07, 6.45) is -0.0173. The minimum Gasteiger partial charge on any atom is -0.393 e. The lowest BCUT2D eigenvalue weighted by atomic mass is 9.59. The molecule has 3 aliphatic carbocycles. The van der Waals surface area contributed by atoms with Crippen molar-refractivity contribution in [1.29, 1.82) is 0 Å². The number of ether oxygens (including phenoxy) is 9. The van der Waals surface area contributed by atoms with E-state index in [4.69, 9.17) is 0 Å². The van der Waals surface area contributed by atoms with Crippen molar-refractivity contribution in [3.05, 3.63) is 112 Å². The molecule has 12 aliphatic rings. The smallest absolute Gasteiger partial charge is 0.346 e. The van der Waals surface area contributed by atoms with Crippen LogP contribution in [0.1, 0.15) is 73.5 Å².